The number of hydrogen-bond acceptors (Lipinski definition) is 8. The van der Waals surface area contributed by atoms with Gasteiger partial charge in [0.25, 0.3) is 11.6 Å². The minimum absolute atomic E-state index is 0.0321. The molecule has 2 aromatic heterocycles. The summed E-state index contributed by atoms with van der Waals surface area (Å²) in [4.78, 5) is 47.2. The lowest BCUT2D eigenvalue weighted by molar-refractivity contribution is -0.384. The van der Waals surface area contributed by atoms with Crippen molar-refractivity contribution in [3.63, 3.8) is 0 Å². The van der Waals surface area contributed by atoms with Crippen LogP contribution in [0.1, 0.15) is 24.5 Å². The number of carbonyl (C=O) groups excluding carboxylic acids is 2. The molecule has 0 unspecified atom stereocenters. The summed E-state index contributed by atoms with van der Waals surface area (Å²) in [5.41, 5.74) is 1.57. The average Bonchev–Trinajstić information content (AvgIpc) is 3.55. The van der Waals surface area contributed by atoms with E-state index in [1.807, 2.05) is 30.3 Å². The van der Waals surface area contributed by atoms with E-state index < -0.39 is 35.7 Å². The summed E-state index contributed by atoms with van der Waals surface area (Å²) in [5.74, 6) is -1.46. The van der Waals surface area contributed by atoms with Gasteiger partial charge in [0.2, 0.25) is 0 Å². The van der Waals surface area contributed by atoms with Crippen molar-refractivity contribution in [3.05, 3.63) is 81.0 Å². The molecule has 0 radical (unpaired) electrons. The Morgan fingerprint density at radius 2 is 1.94 bits per heavy atom. The molecule has 1 aliphatic carbocycles. The molecule has 2 heterocycles. The highest BCUT2D eigenvalue weighted by molar-refractivity contribution is 5.92. The third-order valence-electron chi connectivity index (χ3n) is 5.51. The third-order valence-corrected chi connectivity index (χ3v) is 5.51. The van der Waals surface area contributed by atoms with Crippen LogP contribution in [-0.2, 0) is 20.9 Å². The van der Waals surface area contributed by atoms with Crippen molar-refractivity contribution in [1.82, 2.24) is 14.3 Å². The van der Waals surface area contributed by atoms with E-state index in [0.29, 0.717) is 11.7 Å². The van der Waals surface area contributed by atoms with E-state index in [1.165, 1.54) is 12.1 Å². The molecule has 0 atom stereocenters. The van der Waals surface area contributed by atoms with E-state index in [0.717, 1.165) is 34.9 Å². The smallest absolute Gasteiger partial charge is 0.420 e. The van der Waals surface area contributed by atoms with Crippen LogP contribution in [0.4, 0.5) is 11.5 Å². The van der Waals surface area contributed by atoms with Gasteiger partial charge in [-0.3, -0.25) is 24.3 Å². The lowest BCUT2D eigenvalue weighted by Crippen LogP contribution is -2.26. The standard InChI is InChI=1S/C23H19N5O7/c29-21(24-20-11-17(14-6-7-14)25-27(20)15-4-2-1-3-5-15)13-34-22(30)12-26-18-9-8-16(28(32)33)10-19(18)35-23(26)31/h1-5,8-11,14H,6-7,12-13H2,(H,24,29). The van der Waals surface area contributed by atoms with Crippen LogP contribution in [0, 0.1) is 10.1 Å². The first-order chi connectivity index (χ1) is 16.9. The van der Waals surface area contributed by atoms with E-state index >= 15 is 0 Å². The number of hydrogen-bond donors (Lipinski definition) is 1. The van der Waals surface area contributed by atoms with Crippen molar-refractivity contribution in [2.45, 2.75) is 25.3 Å². The average molecular weight is 477 g/mol. The van der Waals surface area contributed by atoms with Gasteiger partial charge in [-0.05, 0) is 31.0 Å². The second-order valence-electron chi connectivity index (χ2n) is 8.05. The van der Waals surface area contributed by atoms with Gasteiger partial charge in [0.1, 0.15) is 12.4 Å². The number of nitro benzene ring substituents is 1. The Kier molecular flexibility index (Phi) is 5.61. The minimum Gasteiger partial charge on any atom is -0.454 e. The summed E-state index contributed by atoms with van der Waals surface area (Å²) in [7, 11) is 0. The monoisotopic (exact) mass is 477 g/mol. The zero-order valence-electron chi connectivity index (χ0n) is 18.2. The molecule has 0 spiro atoms. The third kappa shape index (κ3) is 4.67. The van der Waals surface area contributed by atoms with E-state index in [2.05, 4.69) is 10.4 Å². The second-order valence-corrected chi connectivity index (χ2v) is 8.05. The Morgan fingerprint density at radius 3 is 2.66 bits per heavy atom. The van der Waals surface area contributed by atoms with Crippen LogP contribution in [0.3, 0.4) is 0 Å². The molecule has 0 saturated heterocycles. The molecular formula is C23H19N5O7. The molecule has 1 amide bonds. The van der Waals surface area contributed by atoms with Crippen LogP contribution in [0.2, 0.25) is 0 Å². The molecule has 0 bridgehead atoms. The van der Waals surface area contributed by atoms with Gasteiger partial charge in [-0.1, -0.05) is 18.2 Å². The Bertz CT molecular complexity index is 1500. The fraction of sp³-hybridized carbons (Fsp3) is 0.217. The van der Waals surface area contributed by atoms with Crippen LogP contribution in [0.25, 0.3) is 16.8 Å². The summed E-state index contributed by atoms with van der Waals surface area (Å²) in [5, 5.41) is 18.2. The molecule has 1 N–H and O–H groups in total. The number of anilines is 1. The first-order valence-electron chi connectivity index (χ1n) is 10.8. The van der Waals surface area contributed by atoms with Crippen LogP contribution in [0.15, 0.2) is 63.8 Å². The maximum Gasteiger partial charge on any atom is 0.420 e. The number of fused-ring (bicyclic) bond motifs is 1. The number of ether oxygens (including phenoxy) is 1. The molecule has 0 aliphatic heterocycles. The summed E-state index contributed by atoms with van der Waals surface area (Å²) in [6.07, 6.45) is 2.10. The van der Waals surface area contributed by atoms with Crippen molar-refractivity contribution in [1.29, 1.82) is 0 Å². The Balaban J connectivity index is 1.24. The fourth-order valence-electron chi connectivity index (χ4n) is 3.65. The van der Waals surface area contributed by atoms with Gasteiger partial charge in [-0.25, -0.2) is 9.48 Å². The van der Waals surface area contributed by atoms with Crippen molar-refractivity contribution in [3.8, 4) is 5.69 Å². The van der Waals surface area contributed by atoms with Crippen LogP contribution < -0.4 is 11.1 Å². The number of nitro groups is 1. The predicted molar refractivity (Wildman–Crippen MR) is 122 cm³/mol. The van der Waals surface area contributed by atoms with Crippen molar-refractivity contribution in [2.75, 3.05) is 11.9 Å². The zero-order chi connectivity index (χ0) is 24.5. The highest BCUT2D eigenvalue weighted by Gasteiger charge is 2.28. The van der Waals surface area contributed by atoms with Gasteiger partial charge in [0, 0.05) is 18.1 Å². The number of esters is 1. The summed E-state index contributed by atoms with van der Waals surface area (Å²) >= 11 is 0. The molecule has 1 aliphatic rings. The van der Waals surface area contributed by atoms with E-state index in [9.17, 15) is 24.5 Å². The highest BCUT2D eigenvalue weighted by atomic mass is 16.6. The molecular weight excluding hydrogens is 458 g/mol. The lowest BCUT2D eigenvalue weighted by Gasteiger charge is -2.09. The molecule has 4 aromatic rings. The molecule has 178 valence electrons. The Morgan fingerprint density at radius 1 is 1.17 bits per heavy atom. The van der Waals surface area contributed by atoms with Gasteiger partial charge >= 0.3 is 11.7 Å². The molecule has 1 saturated carbocycles. The van der Waals surface area contributed by atoms with E-state index in [1.54, 1.807) is 10.7 Å². The van der Waals surface area contributed by atoms with Gasteiger partial charge in [-0.15, -0.1) is 0 Å². The number of non-ortho nitro benzene ring substituents is 1. The molecule has 1 fully saturated rings. The van der Waals surface area contributed by atoms with E-state index in [-0.39, 0.29) is 16.8 Å². The number of nitrogens with one attached hydrogen (secondary N) is 1. The van der Waals surface area contributed by atoms with Gasteiger partial charge in [0.15, 0.2) is 12.2 Å². The van der Waals surface area contributed by atoms with Crippen molar-refractivity contribution in [2.24, 2.45) is 0 Å². The molecule has 5 rings (SSSR count). The number of rotatable bonds is 8. The van der Waals surface area contributed by atoms with Crippen LogP contribution >= 0.6 is 0 Å². The summed E-state index contributed by atoms with van der Waals surface area (Å²) < 4.78 is 12.6. The number of oxazole rings is 1. The maximum absolute atomic E-state index is 12.5. The van der Waals surface area contributed by atoms with Gasteiger partial charge in [0.05, 0.1) is 27.9 Å². The quantitative estimate of drug-likeness (QED) is 0.231. The largest absolute Gasteiger partial charge is 0.454 e. The zero-order valence-corrected chi connectivity index (χ0v) is 18.2. The number of para-hydroxylation sites is 1. The summed E-state index contributed by atoms with van der Waals surface area (Å²) in [6.45, 7) is -1.10. The number of aromatic nitrogens is 3. The Hall–Kier alpha value is -4.74. The fourth-order valence-corrected chi connectivity index (χ4v) is 3.65. The molecule has 35 heavy (non-hydrogen) atoms. The minimum atomic E-state index is -0.874. The second kappa shape index (κ2) is 8.89. The summed E-state index contributed by atoms with van der Waals surface area (Å²) in [6, 6.07) is 14.7. The normalized spacial score (nSPS) is 13.0. The van der Waals surface area contributed by atoms with E-state index in [4.69, 9.17) is 9.15 Å². The first kappa shape index (κ1) is 22.1. The van der Waals surface area contributed by atoms with Gasteiger partial charge in [-0.2, -0.15) is 5.10 Å². The highest BCUT2D eigenvalue weighted by Crippen LogP contribution is 2.40. The van der Waals surface area contributed by atoms with Gasteiger partial charge < -0.3 is 14.5 Å². The topological polar surface area (TPSA) is 152 Å². The van der Waals surface area contributed by atoms with Crippen LogP contribution in [0.5, 0.6) is 0 Å². The molecule has 2 aromatic carbocycles. The van der Waals surface area contributed by atoms with Crippen molar-refractivity contribution >= 4 is 34.5 Å². The Labute approximate surface area is 196 Å². The number of nitrogens with zero attached hydrogens (tertiary/aromatic N) is 4. The molecule has 12 nitrogen and oxygen atoms in total. The lowest BCUT2D eigenvalue weighted by atomic mass is 10.3. The number of amides is 1. The first-order valence-corrected chi connectivity index (χ1v) is 10.8. The maximum atomic E-state index is 12.5. The van der Waals surface area contributed by atoms with Crippen LogP contribution in [-0.4, -0.2) is 37.8 Å². The predicted octanol–water partition coefficient (Wildman–Crippen LogP) is 2.75. The number of benzene rings is 2. The SMILES string of the molecule is O=C(COC(=O)Cn1c(=O)oc2cc([N+](=O)[O-])ccc21)Nc1cc(C2CC2)nn1-c1ccccc1. The molecule has 12 heteroatoms. The number of carbonyl (C=O) groups is 2. The van der Waals surface area contributed by atoms with Crippen molar-refractivity contribution < 1.29 is 23.7 Å².